The summed E-state index contributed by atoms with van der Waals surface area (Å²) in [6.45, 7) is 0.311. The molecule has 0 bridgehead atoms. The van der Waals surface area contributed by atoms with E-state index in [1.807, 2.05) is 60.9 Å². The molecule has 5 nitrogen and oxygen atoms in total. The molecule has 0 radical (unpaired) electrons. The van der Waals surface area contributed by atoms with Gasteiger partial charge >= 0.3 is 0 Å². The Kier molecular flexibility index (Phi) is 5.36. The minimum absolute atomic E-state index is 0.104. The fourth-order valence-corrected chi connectivity index (χ4v) is 4.42. The molecule has 142 valence electrons. The second-order valence-corrected chi connectivity index (χ2v) is 7.86. The third-order valence-corrected chi connectivity index (χ3v) is 6.15. The van der Waals surface area contributed by atoms with Crippen molar-refractivity contribution in [2.24, 2.45) is 0 Å². The van der Waals surface area contributed by atoms with Crippen LogP contribution in [0.2, 0.25) is 0 Å². The number of furan rings is 1. The summed E-state index contributed by atoms with van der Waals surface area (Å²) in [5, 5.41) is 0.626. The Morgan fingerprint density at radius 2 is 2.07 bits per heavy atom. The molecule has 1 amide bonds. The molecule has 0 saturated carbocycles. The van der Waals surface area contributed by atoms with E-state index in [-0.39, 0.29) is 5.91 Å². The number of thioether (sulfide) groups is 1. The normalized spacial score (nSPS) is 10.9. The van der Waals surface area contributed by atoms with Crippen LogP contribution in [0.15, 0.2) is 70.2 Å². The number of nitrogens with zero attached hydrogens (tertiary/aromatic N) is 2. The molecule has 0 aliphatic carbocycles. The first-order valence-electron chi connectivity index (χ1n) is 8.61. The van der Waals surface area contributed by atoms with E-state index >= 15 is 0 Å². The first kappa shape index (κ1) is 18.6. The van der Waals surface area contributed by atoms with Gasteiger partial charge in [0.25, 0.3) is 5.91 Å². The van der Waals surface area contributed by atoms with Gasteiger partial charge in [-0.3, -0.25) is 9.69 Å². The van der Waals surface area contributed by atoms with Crippen molar-refractivity contribution in [2.75, 3.05) is 18.3 Å². The summed E-state index contributed by atoms with van der Waals surface area (Å²) in [6.07, 6.45) is 3.57. The van der Waals surface area contributed by atoms with Gasteiger partial charge in [-0.1, -0.05) is 23.5 Å². The Hall–Kier alpha value is -2.77. The predicted octanol–water partition coefficient (Wildman–Crippen LogP) is 5.47. The maximum absolute atomic E-state index is 13.5. The predicted molar refractivity (Wildman–Crippen MR) is 114 cm³/mol. The fourth-order valence-electron chi connectivity index (χ4n) is 2.89. The number of methoxy groups -OCH3 is 1. The van der Waals surface area contributed by atoms with E-state index in [1.54, 1.807) is 30.0 Å². The highest BCUT2D eigenvalue weighted by Crippen LogP contribution is 2.33. The van der Waals surface area contributed by atoms with Crippen molar-refractivity contribution in [1.82, 2.24) is 4.98 Å². The number of amides is 1. The molecular formula is C21H18N2O3S2. The topological polar surface area (TPSA) is 55.6 Å². The number of benzene rings is 2. The van der Waals surface area contributed by atoms with Crippen LogP contribution < -0.4 is 9.64 Å². The van der Waals surface area contributed by atoms with Crippen molar-refractivity contribution in [3.8, 4) is 5.75 Å². The Balaban J connectivity index is 1.78. The fraction of sp³-hybridized carbons (Fsp3) is 0.143. The number of thiazole rings is 1. The van der Waals surface area contributed by atoms with Crippen molar-refractivity contribution >= 4 is 44.4 Å². The zero-order valence-corrected chi connectivity index (χ0v) is 17.0. The molecule has 0 spiro atoms. The van der Waals surface area contributed by atoms with E-state index in [0.29, 0.717) is 23.0 Å². The van der Waals surface area contributed by atoms with Crippen LogP contribution in [0.5, 0.6) is 5.75 Å². The van der Waals surface area contributed by atoms with Crippen LogP contribution in [-0.2, 0) is 6.54 Å². The van der Waals surface area contributed by atoms with Crippen LogP contribution in [0.1, 0.15) is 16.1 Å². The molecule has 0 saturated heterocycles. The zero-order valence-electron chi connectivity index (χ0n) is 15.4. The number of carbonyl (C=O) groups excluding carboxylic acids is 1. The first-order valence-corrected chi connectivity index (χ1v) is 10.7. The third kappa shape index (κ3) is 3.63. The van der Waals surface area contributed by atoms with E-state index in [0.717, 1.165) is 20.9 Å². The number of hydrogen-bond acceptors (Lipinski definition) is 6. The summed E-state index contributed by atoms with van der Waals surface area (Å²) in [5.41, 5.74) is 1.45. The first-order chi connectivity index (χ1) is 13.7. The van der Waals surface area contributed by atoms with E-state index in [2.05, 4.69) is 0 Å². The lowest BCUT2D eigenvalue weighted by atomic mass is 10.2. The molecule has 2 heterocycles. The molecule has 0 unspecified atom stereocenters. The van der Waals surface area contributed by atoms with Crippen molar-refractivity contribution in [1.29, 1.82) is 0 Å². The Morgan fingerprint density at radius 3 is 2.82 bits per heavy atom. The van der Waals surface area contributed by atoms with Crippen LogP contribution >= 0.6 is 23.1 Å². The van der Waals surface area contributed by atoms with Crippen molar-refractivity contribution < 1.29 is 13.9 Å². The van der Waals surface area contributed by atoms with E-state index < -0.39 is 0 Å². The molecule has 0 aliphatic rings. The van der Waals surface area contributed by atoms with Crippen LogP contribution in [0.4, 0.5) is 5.13 Å². The number of aromatic nitrogens is 1. The minimum Gasteiger partial charge on any atom is -0.497 e. The molecule has 4 aromatic rings. The molecule has 28 heavy (non-hydrogen) atoms. The summed E-state index contributed by atoms with van der Waals surface area (Å²) in [6, 6.07) is 17.0. The smallest absolute Gasteiger partial charge is 0.261 e. The van der Waals surface area contributed by atoms with Crippen molar-refractivity contribution in [3.05, 3.63) is 72.2 Å². The highest BCUT2D eigenvalue weighted by Gasteiger charge is 2.24. The minimum atomic E-state index is -0.104. The number of rotatable bonds is 6. The lowest BCUT2D eigenvalue weighted by Gasteiger charge is -2.20. The average molecular weight is 411 g/mol. The Bertz CT molecular complexity index is 1110. The van der Waals surface area contributed by atoms with E-state index in [1.165, 1.54) is 11.3 Å². The molecule has 4 rings (SSSR count). The molecule has 2 aromatic heterocycles. The molecule has 2 aromatic carbocycles. The number of fused-ring (bicyclic) bond motifs is 1. The summed E-state index contributed by atoms with van der Waals surface area (Å²) in [7, 11) is 1.63. The second kappa shape index (κ2) is 8.08. The summed E-state index contributed by atoms with van der Waals surface area (Å²) in [4.78, 5) is 20.8. The third-order valence-electron chi connectivity index (χ3n) is 4.29. The summed E-state index contributed by atoms with van der Waals surface area (Å²) >= 11 is 3.02. The van der Waals surface area contributed by atoms with Gasteiger partial charge in [0.2, 0.25) is 0 Å². The standard InChI is InChI=1S/C21H18N2O3S2/c1-25-14-9-10-19-17(12-14)22-21(28-19)23(13-15-6-5-11-26-15)20(24)16-7-3-4-8-18(16)27-2/h3-12H,13H2,1-2H3. The van der Waals surface area contributed by atoms with Gasteiger partial charge in [-0.2, -0.15) is 0 Å². The van der Waals surface area contributed by atoms with E-state index in [9.17, 15) is 4.79 Å². The monoisotopic (exact) mass is 410 g/mol. The van der Waals surface area contributed by atoms with Gasteiger partial charge in [-0.25, -0.2) is 4.98 Å². The van der Waals surface area contributed by atoms with Gasteiger partial charge < -0.3 is 9.15 Å². The van der Waals surface area contributed by atoms with Gasteiger partial charge in [0, 0.05) is 11.0 Å². The lowest BCUT2D eigenvalue weighted by molar-refractivity contribution is 0.0980. The van der Waals surface area contributed by atoms with Crippen LogP contribution in [0, 0.1) is 0 Å². The maximum Gasteiger partial charge on any atom is 0.261 e. The summed E-state index contributed by atoms with van der Waals surface area (Å²) in [5.74, 6) is 1.33. The molecule has 0 fully saturated rings. The summed E-state index contributed by atoms with van der Waals surface area (Å²) < 4.78 is 11.8. The molecular weight excluding hydrogens is 392 g/mol. The highest BCUT2D eigenvalue weighted by molar-refractivity contribution is 7.98. The van der Waals surface area contributed by atoms with Gasteiger partial charge in [0.15, 0.2) is 5.13 Å². The van der Waals surface area contributed by atoms with Gasteiger partial charge in [0.1, 0.15) is 11.5 Å². The van der Waals surface area contributed by atoms with Crippen LogP contribution in [0.3, 0.4) is 0 Å². The largest absolute Gasteiger partial charge is 0.497 e. The van der Waals surface area contributed by atoms with Gasteiger partial charge in [0.05, 0.1) is 35.7 Å². The quantitative estimate of drug-likeness (QED) is 0.395. The average Bonchev–Trinajstić information content (AvgIpc) is 3.40. The number of carbonyl (C=O) groups is 1. The molecule has 0 aliphatic heterocycles. The number of ether oxygens (including phenoxy) is 1. The highest BCUT2D eigenvalue weighted by atomic mass is 32.2. The van der Waals surface area contributed by atoms with Gasteiger partial charge in [-0.05, 0) is 42.7 Å². The van der Waals surface area contributed by atoms with Crippen LogP contribution in [0.25, 0.3) is 10.2 Å². The van der Waals surface area contributed by atoms with Gasteiger partial charge in [-0.15, -0.1) is 11.8 Å². The zero-order chi connectivity index (χ0) is 19.5. The Labute approximate surface area is 170 Å². The van der Waals surface area contributed by atoms with Crippen molar-refractivity contribution in [3.63, 3.8) is 0 Å². The van der Waals surface area contributed by atoms with Crippen molar-refractivity contribution in [2.45, 2.75) is 11.4 Å². The lowest BCUT2D eigenvalue weighted by Crippen LogP contribution is -2.30. The number of hydrogen-bond donors (Lipinski definition) is 0. The molecule has 0 atom stereocenters. The Morgan fingerprint density at radius 1 is 1.21 bits per heavy atom. The second-order valence-electron chi connectivity index (χ2n) is 6.00. The maximum atomic E-state index is 13.5. The van der Waals surface area contributed by atoms with E-state index in [4.69, 9.17) is 14.1 Å². The molecule has 7 heteroatoms. The SMILES string of the molecule is COc1ccc2sc(N(Cc3ccco3)C(=O)c3ccccc3SC)nc2c1. The van der Waals surface area contributed by atoms with Crippen LogP contribution in [-0.4, -0.2) is 24.3 Å². The number of anilines is 1. The molecule has 0 N–H and O–H groups in total.